The summed E-state index contributed by atoms with van der Waals surface area (Å²) < 4.78 is 1.10. The van der Waals surface area contributed by atoms with Crippen LogP contribution < -0.4 is 10.6 Å². The summed E-state index contributed by atoms with van der Waals surface area (Å²) in [5, 5.41) is 6.39. The summed E-state index contributed by atoms with van der Waals surface area (Å²) in [4.78, 5) is 12.0. The molecular formula is C16H23BrN2O. The van der Waals surface area contributed by atoms with E-state index in [1.165, 1.54) is 5.56 Å². The lowest BCUT2D eigenvalue weighted by Gasteiger charge is -2.27. The highest BCUT2D eigenvalue weighted by Crippen LogP contribution is 2.29. The molecule has 110 valence electrons. The Hall–Kier alpha value is -0.870. The third-order valence-corrected chi connectivity index (χ3v) is 4.66. The molecule has 0 bridgehead atoms. The van der Waals surface area contributed by atoms with Gasteiger partial charge in [0.1, 0.15) is 0 Å². The van der Waals surface area contributed by atoms with Crippen LogP contribution in [0.2, 0.25) is 0 Å². The van der Waals surface area contributed by atoms with Gasteiger partial charge in [0, 0.05) is 22.9 Å². The van der Waals surface area contributed by atoms with Gasteiger partial charge >= 0.3 is 0 Å². The lowest BCUT2D eigenvalue weighted by atomic mass is 9.84. The summed E-state index contributed by atoms with van der Waals surface area (Å²) in [6, 6.07) is 8.20. The van der Waals surface area contributed by atoms with Crippen LogP contribution in [0.15, 0.2) is 28.7 Å². The first-order valence-electron chi connectivity index (χ1n) is 7.21. The fourth-order valence-electron chi connectivity index (χ4n) is 2.65. The highest BCUT2D eigenvalue weighted by molar-refractivity contribution is 9.10. The molecule has 0 saturated carbocycles. The summed E-state index contributed by atoms with van der Waals surface area (Å²) in [6.07, 6.45) is 1.75. The number of halogens is 1. The number of amides is 1. The minimum Gasteiger partial charge on any atom is -0.355 e. The van der Waals surface area contributed by atoms with Crippen LogP contribution in [-0.2, 0) is 10.2 Å². The molecule has 2 N–H and O–H groups in total. The molecule has 1 aromatic rings. The van der Waals surface area contributed by atoms with Crippen LogP contribution in [0.4, 0.5) is 0 Å². The summed E-state index contributed by atoms with van der Waals surface area (Å²) in [5.41, 5.74) is 1.15. The Morgan fingerprint density at radius 3 is 2.85 bits per heavy atom. The summed E-state index contributed by atoms with van der Waals surface area (Å²) in [7, 11) is 0. The molecule has 1 aliphatic rings. The van der Waals surface area contributed by atoms with Crippen LogP contribution >= 0.6 is 15.9 Å². The number of benzene rings is 1. The molecule has 1 atom stereocenters. The van der Waals surface area contributed by atoms with Crippen molar-refractivity contribution in [3.63, 3.8) is 0 Å². The molecule has 1 fully saturated rings. The van der Waals surface area contributed by atoms with Crippen LogP contribution in [0.3, 0.4) is 0 Å². The van der Waals surface area contributed by atoms with Gasteiger partial charge in [-0.15, -0.1) is 0 Å². The maximum absolute atomic E-state index is 12.0. The third-order valence-electron chi connectivity index (χ3n) is 3.97. The predicted octanol–water partition coefficient (Wildman–Crippen LogP) is 2.84. The molecule has 0 spiro atoms. The van der Waals surface area contributed by atoms with Gasteiger partial charge in [0.25, 0.3) is 0 Å². The fourth-order valence-corrected chi connectivity index (χ4v) is 3.47. The van der Waals surface area contributed by atoms with E-state index in [1.807, 2.05) is 18.2 Å². The average molecular weight is 339 g/mol. The zero-order valence-corrected chi connectivity index (χ0v) is 13.8. The van der Waals surface area contributed by atoms with Crippen LogP contribution in [0.5, 0.6) is 0 Å². The maximum Gasteiger partial charge on any atom is 0.220 e. The summed E-state index contributed by atoms with van der Waals surface area (Å²) in [6.45, 7) is 6.99. The third kappa shape index (κ3) is 4.06. The Bertz CT molecular complexity index is 467. The van der Waals surface area contributed by atoms with Crippen molar-refractivity contribution < 1.29 is 4.79 Å². The van der Waals surface area contributed by atoms with E-state index >= 15 is 0 Å². The van der Waals surface area contributed by atoms with E-state index in [1.54, 1.807) is 0 Å². The largest absolute Gasteiger partial charge is 0.355 e. The zero-order chi connectivity index (χ0) is 14.6. The molecule has 1 saturated heterocycles. The fraction of sp³-hybridized carbons (Fsp3) is 0.562. The second-order valence-corrected chi connectivity index (χ2v) is 7.06. The zero-order valence-electron chi connectivity index (χ0n) is 12.2. The van der Waals surface area contributed by atoms with Crippen molar-refractivity contribution in [2.45, 2.75) is 32.1 Å². The Kier molecular flexibility index (Phi) is 5.22. The van der Waals surface area contributed by atoms with E-state index < -0.39 is 0 Å². The second-order valence-electron chi connectivity index (χ2n) is 6.20. The van der Waals surface area contributed by atoms with Crippen LogP contribution in [0.1, 0.15) is 32.3 Å². The predicted molar refractivity (Wildman–Crippen MR) is 85.8 cm³/mol. The van der Waals surface area contributed by atoms with Crippen LogP contribution in [0, 0.1) is 5.92 Å². The van der Waals surface area contributed by atoms with Gasteiger partial charge in [-0.2, -0.15) is 0 Å². The molecule has 0 aliphatic carbocycles. The van der Waals surface area contributed by atoms with Crippen LogP contribution in [-0.4, -0.2) is 25.5 Å². The van der Waals surface area contributed by atoms with Crippen molar-refractivity contribution in [3.05, 3.63) is 34.3 Å². The number of nitrogens with one attached hydrogen (secondary N) is 2. The monoisotopic (exact) mass is 338 g/mol. The minimum atomic E-state index is -0.0797. The molecule has 1 amide bonds. The standard InChI is InChI=1S/C16H23BrN2O/c1-16(2,13-5-3-4-6-14(13)17)11-19-15(20)9-12-7-8-18-10-12/h3-6,12,18H,7-11H2,1-2H3,(H,19,20). The molecule has 1 unspecified atom stereocenters. The lowest BCUT2D eigenvalue weighted by Crippen LogP contribution is -2.37. The van der Waals surface area contributed by atoms with E-state index in [4.69, 9.17) is 0 Å². The van der Waals surface area contributed by atoms with Gasteiger partial charge in [-0.3, -0.25) is 4.79 Å². The first-order chi connectivity index (χ1) is 9.49. The van der Waals surface area contributed by atoms with Gasteiger partial charge < -0.3 is 10.6 Å². The molecule has 1 heterocycles. The van der Waals surface area contributed by atoms with Crippen molar-refractivity contribution in [1.82, 2.24) is 10.6 Å². The second kappa shape index (κ2) is 6.72. The first-order valence-corrected chi connectivity index (χ1v) is 8.01. The molecule has 4 heteroatoms. The molecule has 20 heavy (non-hydrogen) atoms. The molecule has 0 radical (unpaired) electrons. The number of hydrogen-bond donors (Lipinski definition) is 2. The van der Waals surface area contributed by atoms with Gasteiger partial charge in [-0.25, -0.2) is 0 Å². The highest BCUT2D eigenvalue weighted by Gasteiger charge is 2.24. The summed E-state index contributed by atoms with van der Waals surface area (Å²) >= 11 is 3.59. The Balaban J connectivity index is 1.88. The van der Waals surface area contributed by atoms with Gasteiger partial charge in [-0.1, -0.05) is 48.0 Å². The lowest BCUT2D eigenvalue weighted by molar-refractivity contribution is -0.122. The Labute approximate surface area is 129 Å². The Morgan fingerprint density at radius 2 is 2.20 bits per heavy atom. The molecule has 2 rings (SSSR count). The van der Waals surface area contributed by atoms with Crippen molar-refractivity contribution in [2.75, 3.05) is 19.6 Å². The van der Waals surface area contributed by atoms with Crippen molar-refractivity contribution >= 4 is 21.8 Å². The van der Waals surface area contributed by atoms with E-state index in [-0.39, 0.29) is 11.3 Å². The first kappa shape index (κ1) is 15.5. The SMILES string of the molecule is CC(C)(CNC(=O)CC1CCNC1)c1ccccc1Br. The topological polar surface area (TPSA) is 41.1 Å². The summed E-state index contributed by atoms with van der Waals surface area (Å²) in [5.74, 6) is 0.667. The average Bonchev–Trinajstić information content (AvgIpc) is 2.90. The van der Waals surface area contributed by atoms with Gasteiger partial charge in [0.15, 0.2) is 0 Å². The maximum atomic E-state index is 12.0. The highest BCUT2D eigenvalue weighted by atomic mass is 79.9. The van der Waals surface area contributed by atoms with Crippen molar-refractivity contribution in [2.24, 2.45) is 5.92 Å². The van der Waals surface area contributed by atoms with E-state index in [0.29, 0.717) is 18.9 Å². The number of hydrogen-bond acceptors (Lipinski definition) is 2. The Morgan fingerprint density at radius 1 is 1.45 bits per heavy atom. The number of carbonyl (C=O) groups is 1. The quantitative estimate of drug-likeness (QED) is 0.866. The van der Waals surface area contributed by atoms with E-state index in [2.05, 4.69) is 46.5 Å². The minimum absolute atomic E-state index is 0.0797. The molecular weight excluding hydrogens is 316 g/mol. The smallest absolute Gasteiger partial charge is 0.220 e. The van der Waals surface area contributed by atoms with Crippen molar-refractivity contribution in [1.29, 1.82) is 0 Å². The van der Waals surface area contributed by atoms with Gasteiger partial charge in [0.2, 0.25) is 5.91 Å². The number of carbonyl (C=O) groups excluding carboxylic acids is 1. The van der Waals surface area contributed by atoms with E-state index in [0.717, 1.165) is 24.0 Å². The molecule has 1 aromatic carbocycles. The normalized spacial score (nSPS) is 19.1. The van der Waals surface area contributed by atoms with Crippen LogP contribution in [0.25, 0.3) is 0 Å². The molecule has 0 aromatic heterocycles. The molecule has 3 nitrogen and oxygen atoms in total. The number of rotatable bonds is 5. The van der Waals surface area contributed by atoms with Crippen molar-refractivity contribution in [3.8, 4) is 0 Å². The van der Waals surface area contributed by atoms with E-state index in [9.17, 15) is 4.79 Å². The van der Waals surface area contributed by atoms with Gasteiger partial charge in [-0.05, 0) is 37.1 Å². The molecule has 1 aliphatic heterocycles. The van der Waals surface area contributed by atoms with Gasteiger partial charge in [0.05, 0.1) is 0 Å².